The fraction of sp³-hybridized carbons (Fsp3) is 0.647. The van der Waals surface area contributed by atoms with Crippen molar-refractivity contribution < 1.29 is 14.3 Å². The maximum absolute atomic E-state index is 12.8. The van der Waals surface area contributed by atoms with E-state index < -0.39 is 6.10 Å². The van der Waals surface area contributed by atoms with Crippen LogP contribution in [-0.2, 0) is 14.3 Å². The third-order valence-corrected chi connectivity index (χ3v) is 4.86. The fourth-order valence-corrected chi connectivity index (χ4v) is 3.47. The van der Waals surface area contributed by atoms with Crippen LogP contribution in [0.25, 0.3) is 0 Å². The molecule has 1 aromatic rings. The quantitative estimate of drug-likeness (QED) is 0.826. The van der Waals surface area contributed by atoms with Crippen molar-refractivity contribution >= 4 is 11.8 Å². The number of hydrogen-bond acceptors (Lipinski definition) is 5. The molecule has 0 radical (unpaired) electrons. The number of amides is 2. The van der Waals surface area contributed by atoms with Gasteiger partial charge < -0.3 is 19.5 Å². The van der Waals surface area contributed by atoms with Crippen LogP contribution in [0.1, 0.15) is 37.4 Å². The number of morpholine rings is 1. The Morgan fingerprint density at radius 1 is 1.24 bits per heavy atom. The molecule has 3 heterocycles. The van der Waals surface area contributed by atoms with Crippen LogP contribution < -0.4 is 5.56 Å². The van der Waals surface area contributed by atoms with Crippen LogP contribution in [0, 0.1) is 12.8 Å². The predicted molar refractivity (Wildman–Crippen MR) is 89.8 cm³/mol. The minimum absolute atomic E-state index is 0.0566. The minimum atomic E-state index is -0.414. The second kappa shape index (κ2) is 7.35. The van der Waals surface area contributed by atoms with Crippen molar-refractivity contribution in [3.05, 3.63) is 27.9 Å². The van der Waals surface area contributed by atoms with Crippen LogP contribution in [0.15, 0.2) is 10.9 Å². The highest BCUT2D eigenvalue weighted by Gasteiger charge is 2.33. The predicted octanol–water partition coefficient (Wildman–Crippen LogP) is 0.237. The first-order valence-electron chi connectivity index (χ1n) is 8.68. The molecule has 0 aromatic carbocycles. The summed E-state index contributed by atoms with van der Waals surface area (Å²) in [4.78, 5) is 46.5. The summed E-state index contributed by atoms with van der Waals surface area (Å²) in [7, 11) is 0. The zero-order valence-corrected chi connectivity index (χ0v) is 14.7. The van der Waals surface area contributed by atoms with Crippen LogP contribution >= 0.6 is 0 Å². The SMILES string of the molecule is CC(=O)N1CCC(C(=O)N2CCO[C@H](c3nc(C)cc(=O)[nH]3)C2)CC1. The topological polar surface area (TPSA) is 95.6 Å². The van der Waals surface area contributed by atoms with Gasteiger partial charge in [-0.1, -0.05) is 0 Å². The number of H-pyrrole nitrogens is 1. The lowest BCUT2D eigenvalue weighted by molar-refractivity contribution is -0.146. The molecular weight excluding hydrogens is 324 g/mol. The second-order valence-corrected chi connectivity index (χ2v) is 6.70. The summed E-state index contributed by atoms with van der Waals surface area (Å²) in [6, 6.07) is 1.43. The summed E-state index contributed by atoms with van der Waals surface area (Å²) >= 11 is 0. The number of hydrogen-bond donors (Lipinski definition) is 1. The summed E-state index contributed by atoms with van der Waals surface area (Å²) < 4.78 is 5.71. The molecule has 2 aliphatic rings. The average molecular weight is 348 g/mol. The molecule has 136 valence electrons. The molecule has 2 fully saturated rings. The summed E-state index contributed by atoms with van der Waals surface area (Å²) in [5, 5.41) is 0. The first-order chi connectivity index (χ1) is 11.9. The molecule has 8 nitrogen and oxygen atoms in total. The minimum Gasteiger partial charge on any atom is -0.367 e. The molecule has 0 spiro atoms. The molecule has 0 aliphatic carbocycles. The van der Waals surface area contributed by atoms with Crippen LogP contribution in [0.2, 0.25) is 0 Å². The number of ether oxygens (including phenoxy) is 1. The Hall–Kier alpha value is -2.22. The lowest BCUT2D eigenvalue weighted by atomic mass is 9.95. The molecule has 1 aromatic heterocycles. The molecule has 2 amide bonds. The van der Waals surface area contributed by atoms with Gasteiger partial charge in [0.2, 0.25) is 11.8 Å². The van der Waals surface area contributed by atoms with Gasteiger partial charge in [0.05, 0.1) is 13.2 Å². The molecule has 2 aliphatic heterocycles. The van der Waals surface area contributed by atoms with E-state index >= 15 is 0 Å². The standard InChI is InChI=1S/C17H24N4O4/c1-11-9-15(23)19-16(18-11)14-10-21(7-8-25-14)17(24)13-3-5-20(6-4-13)12(2)22/h9,13-14H,3-8,10H2,1-2H3,(H,18,19,23)/t14-/m0/s1. The lowest BCUT2D eigenvalue weighted by Gasteiger charge is -2.37. The molecule has 0 bridgehead atoms. The number of aromatic nitrogens is 2. The number of nitrogens with one attached hydrogen (secondary N) is 1. The maximum atomic E-state index is 12.8. The highest BCUT2D eigenvalue weighted by atomic mass is 16.5. The molecular formula is C17H24N4O4. The van der Waals surface area contributed by atoms with Gasteiger partial charge in [-0.05, 0) is 19.8 Å². The van der Waals surface area contributed by atoms with Crippen molar-refractivity contribution in [1.29, 1.82) is 0 Å². The number of aryl methyl sites for hydroxylation is 1. The number of carbonyl (C=O) groups excluding carboxylic acids is 2. The summed E-state index contributed by atoms with van der Waals surface area (Å²) in [5.41, 5.74) is 0.411. The first kappa shape index (κ1) is 17.6. The van der Waals surface area contributed by atoms with Gasteiger partial charge in [0.25, 0.3) is 5.56 Å². The van der Waals surface area contributed by atoms with Gasteiger partial charge in [-0.3, -0.25) is 14.4 Å². The highest BCUT2D eigenvalue weighted by molar-refractivity contribution is 5.80. The van der Waals surface area contributed by atoms with Gasteiger partial charge in [-0.25, -0.2) is 4.98 Å². The smallest absolute Gasteiger partial charge is 0.251 e. The highest BCUT2D eigenvalue weighted by Crippen LogP contribution is 2.24. The van der Waals surface area contributed by atoms with E-state index in [2.05, 4.69) is 9.97 Å². The Morgan fingerprint density at radius 3 is 2.60 bits per heavy atom. The van der Waals surface area contributed by atoms with Crippen molar-refractivity contribution in [1.82, 2.24) is 19.8 Å². The summed E-state index contributed by atoms with van der Waals surface area (Å²) in [6.45, 7) is 5.92. The van der Waals surface area contributed by atoms with Crippen LogP contribution in [-0.4, -0.2) is 64.4 Å². The van der Waals surface area contributed by atoms with E-state index in [9.17, 15) is 14.4 Å². The van der Waals surface area contributed by atoms with Gasteiger partial charge in [0.15, 0.2) is 0 Å². The Balaban J connectivity index is 1.64. The summed E-state index contributed by atoms with van der Waals surface area (Å²) in [6.07, 6.45) is 0.975. The molecule has 1 atom stereocenters. The van der Waals surface area contributed by atoms with Crippen molar-refractivity contribution in [3.63, 3.8) is 0 Å². The molecule has 3 rings (SSSR count). The van der Waals surface area contributed by atoms with Crippen molar-refractivity contribution in [2.75, 3.05) is 32.8 Å². The van der Waals surface area contributed by atoms with E-state index in [4.69, 9.17) is 4.74 Å². The normalized spacial score (nSPS) is 22.1. The molecule has 0 saturated carbocycles. The molecule has 1 N–H and O–H groups in total. The zero-order chi connectivity index (χ0) is 18.0. The number of nitrogens with zero attached hydrogens (tertiary/aromatic N) is 3. The van der Waals surface area contributed by atoms with E-state index in [0.29, 0.717) is 57.1 Å². The average Bonchev–Trinajstić information content (AvgIpc) is 2.60. The second-order valence-electron chi connectivity index (χ2n) is 6.70. The lowest BCUT2D eigenvalue weighted by Crippen LogP contribution is -2.48. The molecule has 0 unspecified atom stereocenters. The number of carbonyl (C=O) groups is 2. The first-order valence-corrected chi connectivity index (χ1v) is 8.68. The summed E-state index contributed by atoms with van der Waals surface area (Å²) in [5.74, 6) is 0.575. The third kappa shape index (κ3) is 4.07. The van der Waals surface area contributed by atoms with E-state index in [1.54, 1.807) is 23.6 Å². The largest absolute Gasteiger partial charge is 0.367 e. The third-order valence-electron chi connectivity index (χ3n) is 4.86. The molecule has 25 heavy (non-hydrogen) atoms. The van der Waals surface area contributed by atoms with Gasteiger partial charge in [0, 0.05) is 44.2 Å². The van der Waals surface area contributed by atoms with Gasteiger partial charge >= 0.3 is 0 Å². The van der Waals surface area contributed by atoms with Crippen molar-refractivity contribution in [2.24, 2.45) is 5.92 Å². The van der Waals surface area contributed by atoms with Crippen LogP contribution in [0.5, 0.6) is 0 Å². The van der Waals surface area contributed by atoms with Crippen molar-refractivity contribution in [3.8, 4) is 0 Å². The van der Waals surface area contributed by atoms with E-state index in [1.165, 1.54) is 6.07 Å². The number of piperidine rings is 1. The Labute approximate surface area is 146 Å². The van der Waals surface area contributed by atoms with Crippen LogP contribution in [0.4, 0.5) is 0 Å². The van der Waals surface area contributed by atoms with Gasteiger partial charge in [-0.2, -0.15) is 0 Å². The zero-order valence-electron chi connectivity index (χ0n) is 14.7. The number of aromatic amines is 1. The van der Waals surface area contributed by atoms with E-state index in [-0.39, 0.29) is 23.3 Å². The van der Waals surface area contributed by atoms with E-state index in [0.717, 1.165) is 0 Å². The van der Waals surface area contributed by atoms with Crippen molar-refractivity contribution in [2.45, 2.75) is 32.8 Å². The van der Waals surface area contributed by atoms with Crippen LogP contribution in [0.3, 0.4) is 0 Å². The Morgan fingerprint density at radius 2 is 1.96 bits per heavy atom. The molecule has 8 heteroatoms. The Bertz CT molecular complexity index is 709. The number of rotatable bonds is 2. The van der Waals surface area contributed by atoms with Gasteiger partial charge in [-0.15, -0.1) is 0 Å². The fourth-order valence-electron chi connectivity index (χ4n) is 3.47. The molecule has 2 saturated heterocycles. The van der Waals surface area contributed by atoms with Gasteiger partial charge in [0.1, 0.15) is 11.9 Å². The monoisotopic (exact) mass is 348 g/mol. The number of likely N-dealkylation sites (tertiary alicyclic amines) is 1. The maximum Gasteiger partial charge on any atom is 0.251 e. The van der Waals surface area contributed by atoms with E-state index in [1.807, 2.05) is 0 Å². The Kier molecular flexibility index (Phi) is 5.17.